The third-order valence-corrected chi connectivity index (χ3v) is 2.89. The maximum absolute atomic E-state index is 12.4. The van der Waals surface area contributed by atoms with Crippen molar-refractivity contribution in [2.45, 2.75) is 13.1 Å². The molecular formula is C14H11F3N2O2. The lowest BCUT2D eigenvalue weighted by Gasteiger charge is -2.10. The molecule has 0 heterocycles. The van der Waals surface area contributed by atoms with Gasteiger partial charge in [0.05, 0.1) is 10.5 Å². The van der Waals surface area contributed by atoms with E-state index in [1.807, 2.05) is 0 Å². The molecule has 110 valence electrons. The Balaban J connectivity index is 2.19. The van der Waals surface area contributed by atoms with E-state index in [2.05, 4.69) is 5.32 Å². The second kappa shape index (κ2) is 5.43. The Morgan fingerprint density at radius 1 is 1.05 bits per heavy atom. The van der Waals surface area contributed by atoms with Crippen LogP contribution in [0.2, 0.25) is 0 Å². The highest BCUT2D eigenvalue weighted by molar-refractivity contribution is 5.63. The van der Waals surface area contributed by atoms with Crippen LogP contribution in [0.15, 0.2) is 42.5 Å². The van der Waals surface area contributed by atoms with Crippen LogP contribution in [0.1, 0.15) is 11.1 Å². The Labute approximate surface area is 118 Å². The van der Waals surface area contributed by atoms with Crippen LogP contribution in [0.3, 0.4) is 0 Å². The van der Waals surface area contributed by atoms with E-state index in [1.54, 1.807) is 13.0 Å². The van der Waals surface area contributed by atoms with E-state index in [1.165, 1.54) is 24.3 Å². The predicted octanol–water partition coefficient (Wildman–Crippen LogP) is 4.67. The summed E-state index contributed by atoms with van der Waals surface area (Å²) in [5.74, 6) is 0. The van der Waals surface area contributed by atoms with Crippen molar-refractivity contribution in [2.24, 2.45) is 0 Å². The average molecular weight is 296 g/mol. The Bertz CT molecular complexity index is 667. The lowest BCUT2D eigenvalue weighted by molar-refractivity contribution is -0.385. The number of benzene rings is 2. The third-order valence-electron chi connectivity index (χ3n) is 2.89. The van der Waals surface area contributed by atoms with Crippen molar-refractivity contribution in [1.82, 2.24) is 0 Å². The van der Waals surface area contributed by atoms with Crippen molar-refractivity contribution in [3.63, 3.8) is 0 Å². The number of rotatable bonds is 3. The lowest BCUT2D eigenvalue weighted by Crippen LogP contribution is -2.04. The predicted molar refractivity (Wildman–Crippen MR) is 72.6 cm³/mol. The van der Waals surface area contributed by atoms with Crippen molar-refractivity contribution in [3.8, 4) is 0 Å². The smallest absolute Gasteiger partial charge is 0.356 e. The number of nitro benzene ring substituents is 1. The number of hydrogen-bond donors (Lipinski definition) is 1. The van der Waals surface area contributed by atoms with Gasteiger partial charge in [0, 0.05) is 23.0 Å². The monoisotopic (exact) mass is 296 g/mol. The van der Waals surface area contributed by atoms with Crippen molar-refractivity contribution in [2.75, 3.05) is 5.32 Å². The van der Waals surface area contributed by atoms with E-state index in [-0.39, 0.29) is 5.69 Å². The second-order valence-corrected chi connectivity index (χ2v) is 4.46. The van der Waals surface area contributed by atoms with Crippen molar-refractivity contribution in [1.29, 1.82) is 0 Å². The fraction of sp³-hybridized carbons (Fsp3) is 0.143. The van der Waals surface area contributed by atoms with Crippen LogP contribution in [-0.2, 0) is 6.18 Å². The van der Waals surface area contributed by atoms with E-state index in [0.717, 1.165) is 12.1 Å². The molecule has 0 aromatic heterocycles. The van der Waals surface area contributed by atoms with E-state index in [0.29, 0.717) is 16.9 Å². The Hall–Kier alpha value is -2.57. The van der Waals surface area contributed by atoms with E-state index in [9.17, 15) is 23.3 Å². The SMILES string of the molecule is Cc1cc(Nc2ccc(C(F)(F)F)cc2)ccc1[N+](=O)[O-]. The van der Waals surface area contributed by atoms with E-state index >= 15 is 0 Å². The molecule has 7 heteroatoms. The molecular weight excluding hydrogens is 285 g/mol. The first-order chi connectivity index (χ1) is 9.77. The Morgan fingerprint density at radius 2 is 1.62 bits per heavy atom. The number of hydrogen-bond acceptors (Lipinski definition) is 3. The maximum atomic E-state index is 12.4. The van der Waals surface area contributed by atoms with Gasteiger partial charge in [-0.05, 0) is 43.3 Å². The molecule has 0 unspecified atom stereocenters. The first kappa shape index (κ1) is 14.8. The minimum atomic E-state index is -4.37. The molecule has 21 heavy (non-hydrogen) atoms. The fourth-order valence-electron chi connectivity index (χ4n) is 1.85. The maximum Gasteiger partial charge on any atom is 0.416 e. The molecule has 0 aliphatic rings. The van der Waals surface area contributed by atoms with Crippen LogP contribution in [0, 0.1) is 17.0 Å². The number of nitro groups is 1. The van der Waals surface area contributed by atoms with Gasteiger partial charge in [0.2, 0.25) is 0 Å². The normalized spacial score (nSPS) is 11.2. The van der Waals surface area contributed by atoms with Crippen LogP contribution < -0.4 is 5.32 Å². The van der Waals surface area contributed by atoms with E-state index < -0.39 is 16.7 Å². The van der Waals surface area contributed by atoms with Crippen LogP contribution in [0.4, 0.5) is 30.2 Å². The topological polar surface area (TPSA) is 55.2 Å². The van der Waals surface area contributed by atoms with Crippen molar-refractivity contribution in [3.05, 3.63) is 63.7 Å². The summed E-state index contributed by atoms with van der Waals surface area (Å²) in [5, 5.41) is 13.6. The molecule has 0 saturated heterocycles. The number of anilines is 2. The van der Waals surface area contributed by atoms with Gasteiger partial charge in [-0.2, -0.15) is 13.2 Å². The zero-order chi connectivity index (χ0) is 15.6. The number of halogens is 3. The summed E-state index contributed by atoms with van der Waals surface area (Å²) in [6.45, 7) is 1.59. The van der Waals surface area contributed by atoms with Crippen LogP contribution >= 0.6 is 0 Å². The highest BCUT2D eigenvalue weighted by Gasteiger charge is 2.29. The molecule has 2 rings (SSSR count). The number of aryl methyl sites for hydroxylation is 1. The third kappa shape index (κ3) is 3.50. The Morgan fingerprint density at radius 3 is 2.10 bits per heavy atom. The summed E-state index contributed by atoms with van der Waals surface area (Å²) in [6.07, 6.45) is -4.37. The average Bonchev–Trinajstić information content (AvgIpc) is 2.38. The van der Waals surface area contributed by atoms with Gasteiger partial charge < -0.3 is 5.32 Å². The van der Waals surface area contributed by atoms with Gasteiger partial charge in [0.1, 0.15) is 0 Å². The van der Waals surface area contributed by atoms with Gasteiger partial charge in [-0.25, -0.2) is 0 Å². The molecule has 2 aromatic carbocycles. The molecule has 0 fully saturated rings. The molecule has 0 atom stereocenters. The van der Waals surface area contributed by atoms with Crippen LogP contribution in [0.5, 0.6) is 0 Å². The van der Waals surface area contributed by atoms with Crippen molar-refractivity contribution < 1.29 is 18.1 Å². The minimum absolute atomic E-state index is 0.00651. The number of nitrogens with zero attached hydrogens (tertiary/aromatic N) is 1. The molecule has 0 aliphatic heterocycles. The summed E-state index contributed by atoms with van der Waals surface area (Å²) >= 11 is 0. The highest BCUT2D eigenvalue weighted by atomic mass is 19.4. The molecule has 0 bridgehead atoms. The summed E-state index contributed by atoms with van der Waals surface area (Å²) < 4.78 is 37.3. The summed E-state index contributed by atoms with van der Waals surface area (Å²) in [7, 11) is 0. The van der Waals surface area contributed by atoms with Gasteiger partial charge in [-0.15, -0.1) is 0 Å². The van der Waals surface area contributed by atoms with Gasteiger partial charge in [0.25, 0.3) is 5.69 Å². The molecule has 0 amide bonds. The van der Waals surface area contributed by atoms with Crippen LogP contribution in [0.25, 0.3) is 0 Å². The van der Waals surface area contributed by atoms with Gasteiger partial charge in [0.15, 0.2) is 0 Å². The fourth-order valence-corrected chi connectivity index (χ4v) is 1.85. The van der Waals surface area contributed by atoms with Gasteiger partial charge in [-0.3, -0.25) is 10.1 Å². The second-order valence-electron chi connectivity index (χ2n) is 4.46. The highest BCUT2D eigenvalue weighted by Crippen LogP contribution is 2.30. The molecule has 0 spiro atoms. The summed E-state index contributed by atoms with van der Waals surface area (Å²) in [4.78, 5) is 10.2. The van der Waals surface area contributed by atoms with Crippen LogP contribution in [-0.4, -0.2) is 4.92 Å². The van der Waals surface area contributed by atoms with Crippen molar-refractivity contribution >= 4 is 17.1 Å². The van der Waals surface area contributed by atoms with E-state index in [4.69, 9.17) is 0 Å². The number of alkyl halides is 3. The molecule has 2 aromatic rings. The summed E-state index contributed by atoms with van der Waals surface area (Å²) in [6, 6.07) is 8.97. The molecule has 0 radical (unpaired) electrons. The molecule has 0 aliphatic carbocycles. The quantitative estimate of drug-likeness (QED) is 0.661. The summed E-state index contributed by atoms with van der Waals surface area (Å²) in [5.41, 5.74) is 0.770. The number of nitrogens with one attached hydrogen (secondary N) is 1. The Kier molecular flexibility index (Phi) is 3.84. The first-order valence-electron chi connectivity index (χ1n) is 5.97. The molecule has 1 N–H and O–H groups in total. The molecule has 0 saturated carbocycles. The van der Waals surface area contributed by atoms with Gasteiger partial charge in [-0.1, -0.05) is 0 Å². The van der Waals surface area contributed by atoms with Gasteiger partial charge >= 0.3 is 6.18 Å². The zero-order valence-electron chi connectivity index (χ0n) is 10.9. The standard InChI is InChI=1S/C14H11F3N2O2/c1-9-8-12(6-7-13(9)19(20)21)18-11-4-2-10(3-5-11)14(15,16)17/h2-8,18H,1H3. The minimum Gasteiger partial charge on any atom is -0.356 e. The molecule has 4 nitrogen and oxygen atoms in total. The first-order valence-corrected chi connectivity index (χ1v) is 5.97. The largest absolute Gasteiger partial charge is 0.416 e. The zero-order valence-corrected chi connectivity index (χ0v) is 10.9. The lowest BCUT2D eigenvalue weighted by atomic mass is 10.1.